The molecule has 2 fully saturated rings. The summed E-state index contributed by atoms with van der Waals surface area (Å²) in [4.78, 5) is 19.5. The molecular weight excluding hydrogens is 523 g/mol. The molecule has 1 saturated heterocycles. The quantitative estimate of drug-likeness (QED) is 0.417. The number of hydrogen-bond donors (Lipinski definition) is 1. The van der Waals surface area contributed by atoms with Crippen molar-refractivity contribution in [3.05, 3.63) is 62.3 Å². The number of primary amides is 1. The predicted octanol–water partition coefficient (Wildman–Crippen LogP) is 6.12. The summed E-state index contributed by atoms with van der Waals surface area (Å²) in [5.74, 6) is 0.870. The fourth-order valence-electron chi connectivity index (χ4n) is 5.64. The normalized spacial score (nSPS) is 19.4. The Balaban J connectivity index is 1.62. The maximum Gasteiger partial charge on any atom is 0.220 e. The highest BCUT2D eigenvalue weighted by Gasteiger charge is 2.46. The highest BCUT2D eigenvalue weighted by molar-refractivity contribution is 9.10. The average molecular weight is 550 g/mol. The number of rotatable bonds is 5. The van der Waals surface area contributed by atoms with Gasteiger partial charge in [0.1, 0.15) is 5.82 Å². The van der Waals surface area contributed by atoms with Gasteiger partial charge >= 0.3 is 0 Å². The monoisotopic (exact) mass is 548 g/mol. The number of halogens is 3. The zero-order chi connectivity index (χ0) is 23.2. The van der Waals surface area contributed by atoms with Crippen molar-refractivity contribution in [2.75, 3.05) is 13.1 Å². The molecule has 2 aromatic carbocycles. The van der Waals surface area contributed by atoms with Crippen LogP contribution in [0.3, 0.4) is 0 Å². The molecule has 0 atom stereocenters. The highest BCUT2D eigenvalue weighted by Crippen LogP contribution is 2.46. The first-order valence-corrected chi connectivity index (χ1v) is 13.1. The van der Waals surface area contributed by atoms with Crippen LogP contribution in [0.1, 0.15) is 49.9 Å². The smallest absolute Gasteiger partial charge is 0.220 e. The van der Waals surface area contributed by atoms with Crippen LogP contribution >= 0.6 is 39.1 Å². The second kappa shape index (κ2) is 9.21. The maximum absolute atomic E-state index is 11.8. The Morgan fingerprint density at radius 2 is 1.73 bits per heavy atom. The van der Waals surface area contributed by atoms with Gasteiger partial charge in [0.15, 0.2) is 0 Å². The van der Waals surface area contributed by atoms with Gasteiger partial charge in [0.2, 0.25) is 5.91 Å². The second-order valence-electron chi connectivity index (χ2n) is 9.31. The summed E-state index contributed by atoms with van der Waals surface area (Å²) in [7, 11) is 0. The summed E-state index contributed by atoms with van der Waals surface area (Å²) in [5, 5.41) is 1.06. The first kappa shape index (κ1) is 23.2. The molecule has 0 spiro atoms. The van der Waals surface area contributed by atoms with Crippen LogP contribution in [0.25, 0.3) is 11.0 Å². The van der Waals surface area contributed by atoms with Gasteiger partial charge in [0, 0.05) is 16.9 Å². The van der Waals surface area contributed by atoms with Gasteiger partial charge < -0.3 is 10.3 Å². The van der Waals surface area contributed by atoms with Gasteiger partial charge in [-0.1, -0.05) is 64.1 Å². The predicted molar refractivity (Wildman–Crippen MR) is 137 cm³/mol. The number of carbonyl (C=O) groups is 1. The number of piperidine rings is 1. The van der Waals surface area contributed by atoms with E-state index in [4.69, 9.17) is 33.9 Å². The lowest BCUT2D eigenvalue weighted by Crippen LogP contribution is -2.51. The maximum atomic E-state index is 11.8. The van der Waals surface area contributed by atoms with Crippen LogP contribution in [0.5, 0.6) is 0 Å². The number of nitrogens with two attached hydrogens (primary N) is 1. The molecule has 1 aliphatic carbocycles. The van der Waals surface area contributed by atoms with Crippen molar-refractivity contribution >= 4 is 56.1 Å². The van der Waals surface area contributed by atoms with Crippen molar-refractivity contribution in [2.24, 2.45) is 11.7 Å². The minimum Gasteiger partial charge on any atom is -0.369 e. The Kier molecular flexibility index (Phi) is 6.47. The molecule has 0 unspecified atom stereocenters. The summed E-state index contributed by atoms with van der Waals surface area (Å²) >= 11 is 16.4. The van der Waals surface area contributed by atoms with Crippen molar-refractivity contribution in [3.8, 4) is 0 Å². The number of fused-ring (bicyclic) bond motifs is 1. The Morgan fingerprint density at radius 1 is 1.09 bits per heavy atom. The lowest BCUT2D eigenvalue weighted by atomic mass is 9.87. The van der Waals surface area contributed by atoms with Crippen LogP contribution in [0.2, 0.25) is 10.0 Å². The fraction of sp³-hybridized carbons (Fsp3) is 0.440. The van der Waals surface area contributed by atoms with Gasteiger partial charge in [-0.15, -0.1) is 0 Å². The van der Waals surface area contributed by atoms with Crippen LogP contribution in [0.4, 0.5) is 0 Å². The topological polar surface area (TPSA) is 64.2 Å². The largest absolute Gasteiger partial charge is 0.369 e. The number of benzene rings is 2. The fourth-order valence-corrected chi connectivity index (χ4v) is 6.22. The Morgan fingerprint density at radius 3 is 2.36 bits per heavy atom. The minimum absolute atomic E-state index is 0.0288. The van der Waals surface area contributed by atoms with E-state index in [0.29, 0.717) is 16.6 Å². The summed E-state index contributed by atoms with van der Waals surface area (Å²) in [6.45, 7) is 2.42. The molecule has 0 radical (unpaired) electrons. The van der Waals surface area contributed by atoms with Crippen LogP contribution in [-0.2, 0) is 16.9 Å². The first-order chi connectivity index (χ1) is 15.9. The molecule has 1 aromatic heterocycles. The van der Waals surface area contributed by atoms with Gasteiger partial charge in [0.05, 0.1) is 26.6 Å². The third-order valence-corrected chi connectivity index (χ3v) is 8.64. The van der Waals surface area contributed by atoms with E-state index in [0.717, 1.165) is 60.1 Å². The summed E-state index contributed by atoms with van der Waals surface area (Å²) in [6, 6.07) is 12.2. The van der Waals surface area contributed by atoms with E-state index in [1.165, 1.54) is 18.4 Å². The van der Waals surface area contributed by atoms with Crippen LogP contribution in [-0.4, -0.2) is 33.4 Å². The molecule has 1 aliphatic heterocycles. The standard InChI is InChI=1S/C25H27BrCl2N4O/c26-18-5-3-16(4-6-18)15-32-22-14-20(28)19(27)13-21(22)30-24(32)25(9-1-2-10-25)31-11-7-17(8-12-31)23(29)33/h3-6,13-14,17H,1-2,7-12,15H2,(H2,29,33). The molecular formula is C25H27BrCl2N4O. The van der Waals surface area contributed by atoms with Gasteiger partial charge in [-0.25, -0.2) is 4.98 Å². The van der Waals surface area contributed by atoms with E-state index < -0.39 is 0 Å². The second-order valence-corrected chi connectivity index (χ2v) is 11.0. The van der Waals surface area contributed by atoms with Crippen molar-refractivity contribution in [1.29, 1.82) is 0 Å². The molecule has 174 valence electrons. The molecule has 1 amide bonds. The number of amides is 1. The highest BCUT2D eigenvalue weighted by atomic mass is 79.9. The number of nitrogens with zero attached hydrogens (tertiary/aromatic N) is 3. The SMILES string of the molecule is NC(=O)C1CCN(C2(c3nc4cc(Cl)c(Cl)cc4n3Cc3ccc(Br)cc3)CCCC2)CC1. The molecule has 5 rings (SSSR count). The van der Waals surface area contributed by atoms with Crippen LogP contribution in [0, 0.1) is 5.92 Å². The van der Waals surface area contributed by atoms with Gasteiger partial charge in [-0.3, -0.25) is 9.69 Å². The Bertz CT molecular complexity index is 1180. The lowest BCUT2D eigenvalue weighted by Gasteiger charge is -2.44. The number of hydrogen-bond acceptors (Lipinski definition) is 3. The van der Waals surface area contributed by atoms with Crippen molar-refractivity contribution in [2.45, 2.75) is 50.6 Å². The van der Waals surface area contributed by atoms with Gasteiger partial charge in [0.25, 0.3) is 0 Å². The van der Waals surface area contributed by atoms with E-state index in [9.17, 15) is 4.79 Å². The summed E-state index contributed by atoms with van der Waals surface area (Å²) < 4.78 is 3.38. The number of imidazole rings is 1. The van der Waals surface area contributed by atoms with Gasteiger partial charge in [-0.2, -0.15) is 0 Å². The zero-order valence-corrected chi connectivity index (χ0v) is 21.5. The Labute approximate surface area is 212 Å². The van der Waals surface area contributed by atoms with Gasteiger partial charge in [-0.05, 0) is 68.6 Å². The van der Waals surface area contributed by atoms with Crippen molar-refractivity contribution < 1.29 is 4.79 Å². The van der Waals surface area contributed by atoms with Crippen LogP contribution < -0.4 is 5.73 Å². The van der Waals surface area contributed by atoms with E-state index in [-0.39, 0.29) is 17.4 Å². The third kappa shape index (κ3) is 4.31. The Hall–Kier alpha value is -1.60. The molecule has 8 heteroatoms. The molecule has 0 bridgehead atoms. The van der Waals surface area contributed by atoms with E-state index in [1.54, 1.807) is 0 Å². The average Bonchev–Trinajstić information content (AvgIpc) is 3.42. The van der Waals surface area contributed by atoms with E-state index in [1.807, 2.05) is 12.1 Å². The van der Waals surface area contributed by atoms with E-state index in [2.05, 4.69) is 49.7 Å². The van der Waals surface area contributed by atoms with E-state index >= 15 is 0 Å². The number of aromatic nitrogens is 2. The first-order valence-electron chi connectivity index (χ1n) is 11.5. The van der Waals surface area contributed by atoms with Crippen molar-refractivity contribution in [1.82, 2.24) is 14.5 Å². The third-order valence-electron chi connectivity index (χ3n) is 7.39. The van der Waals surface area contributed by atoms with Crippen molar-refractivity contribution in [3.63, 3.8) is 0 Å². The molecule has 2 N–H and O–H groups in total. The summed E-state index contributed by atoms with van der Waals surface area (Å²) in [5.41, 5.74) is 8.52. The number of likely N-dealkylation sites (tertiary alicyclic amines) is 1. The molecule has 5 nitrogen and oxygen atoms in total. The lowest BCUT2D eigenvalue weighted by molar-refractivity contribution is -0.123. The molecule has 2 heterocycles. The molecule has 1 saturated carbocycles. The minimum atomic E-state index is -0.179. The summed E-state index contributed by atoms with van der Waals surface area (Å²) in [6.07, 6.45) is 6.06. The zero-order valence-electron chi connectivity index (χ0n) is 18.4. The molecule has 3 aromatic rings. The number of carbonyl (C=O) groups excluding carboxylic acids is 1. The molecule has 33 heavy (non-hydrogen) atoms. The molecule has 2 aliphatic rings. The van der Waals surface area contributed by atoms with Crippen LogP contribution in [0.15, 0.2) is 40.9 Å².